The van der Waals surface area contributed by atoms with Crippen LogP contribution in [0.15, 0.2) is 24.3 Å². The maximum atomic E-state index is 11.8. The zero-order chi connectivity index (χ0) is 11.8. The van der Waals surface area contributed by atoms with E-state index in [2.05, 4.69) is 0 Å². The second-order valence-electron chi connectivity index (χ2n) is 3.56. The SMILES string of the molecule is CCCOc1ccccc1C(=O)CCCCl. The van der Waals surface area contributed by atoms with E-state index < -0.39 is 0 Å². The molecule has 16 heavy (non-hydrogen) atoms. The van der Waals surface area contributed by atoms with Crippen LogP contribution in [0.1, 0.15) is 36.5 Å². The van der Waals surface area contributed by atoms with Crippen LogP contribution < -0.4 is 4.74 Å². The zero-order valence-electron chi connectivity index (χ0n) is 9.54. The quantitative estimate of drug-likeness (QED) is 0.537. The third-order valence-electron chi connectivity index (χ3n) is 2.19. The lowest BCUT2D eigenvalue weighted by Gasteiger charge is -2.09. The van der Waals surface area contributed by atoms with Gasteiger partial charge in [-0.25, -0.2) is 0 Å². The normalized spacial score (nSPS) is 10.1. The molecular formula is C13H17ClO2. The Balaban J connectivity index is 2.73. The Labute approximate surface area is 102 Å². The molecule has 0 heterocycles. The van der Waals surface area contributed by atoms with Gasteiger partial charge in [-0.1, -0.05) is 19.1 Å². The Hall–Kier alpha value is -1.02. The van der Waals surface area contributed by atoms with E-state index in [1.165, 1.54) is 0 Å². The van der Waals surface area contributed by atoms with Crippen molar-refractivity contribution in [3.8, 4) is 5.75 Å². The number of ketones is 1. The monoisotopic (exact) mass is 240 g/mol. The van der Waals surface area contributed by atoms with Crippen LogP contribution in [-0.2, 0) is 0 Å². The van der Waals surface area contributed by atoms with Crippen molar-refractivity contribution in [3.63, 3.8) is 0 Å². The number of hydrogen-bond donors (Lipinski definition) is 0. The van der Waals surface area contributed by atoms with E-state index >= 15 is 0 Å². The predicted molar refractivity (Wildman–Crippen MR) is 66.5 cm³/mol. The molecule has 0 fully saturated rings. The van der Waals surface area contributed by atoms with Gasteiger partial charge in [-0.3, -0.25) is 4.79 Å². The molecule has 0 radical (unpaired) electrons. The molecule has 0 amide bonds. The zero-order valence-corrected chi connectivity index (χ0v) is 10.3. The van der Waals surface area contributed by atoms with Crippen molar-refractivity contribution in [1.29, 1.82) is 0 Å². The number of hydrogen-bond acceptors (Lipinski definition) is 2. The molecule has 1 rings (SSSR count). The lowest BCUT2D eigenvalue weighted by atomic mass is 10.1. The largest absolute Gasteiger partial charge is 0.493 e. The van der Waals surface area contributed by atoms with Gasteiger partial charge in [0.2, 0.25) is 0 Å². The number of carbonyl (C=O) groups excluding carboxylic acids is 1. The van der Waals surface area contributed by atoms with Crippen molar-refractivity contribution in [1.82, 2.24) is 0 Å². The van der Waals surface area contributed by atoms with E-state index in [9.17, 15) is 4.79 Å². The van der Waals surface area contributed by atoms with E-state index in [0.29, 0.717) is 36.6 Å². The van der Waals surface area contributed by atoms with Crippen LogP contribution in [0.4, 0.5) is 0 Å². The summed E-state index contributed by atoms with van der Waals surface area (Å²) in [5.74, 6) is 1.31. The predicted octanol–water partition coefficient (Wildman–Crippen LogP) is 3.68. The Morgan fingerprint density at radius 2 is 2.12 bits per heavy atom. The lowest BCUT2D eigenvalue weighted by molar-refractivity contribution is 0.0978. The summed E-state index contributed by atoms with van der Waals surface area (Å²) in [5.41, 5.74) is 0.668. The molecule has 1 aromatic carbocycles. The van der Waals surface area contributed by atoms with Gasteiger partial charge < -0.3 is 4.74 Å². The number of Topliss-reactive ketones (excluding diaryl/α,β-unsaturated/α-hetero) is 1. The van der Waals surface area contributed by atoms with Crippen molar-refractivity contribution < 1.29 is 9.53 Å². The third kappa shape index (κ3) is 3.86. The summed E-state index contributed by atoms with van der Waals surface area (Å²) in [4.78, 5) is 11.8. The topological polar surface area (TPSA) is 26.3 Å². The highest BCUT2D eigenvalue weighted by Crippen LogP contribution is 2.20. The first kappa shape index (κ1) is 13.0. The molecule has 0 aliphatic heterocycles. The maximum absolute atomic E-state index is 11.8. The molecule has 0 N–H and O–H groups in total. The van der Waals surface area contributed by atoms with Gasteiger partial charge in [0.05, 0.1) is 12.2 Å². The van der Waals surface area contributed by atoms with Gasteiger partial charge in [-0.05, 0) is 25.0 Å². The van der Waals surface area contributed by atoms with Crippen molar-refractivity contribution in [3.05, 3.63) is 29.8 Å². The smallest absolute Gasteiger partial charge is 0.166 e. The number of alkyl halides is 1. The molecule has 0 spiro atoms. The van der Waals surface area contributed by atoms with Gasteiger partial charge in [0.15, 0.2) is 5.78 Å². The molecule has 0 saturated carbocycles. The molecule has 0 aliphatic carbocycles. The number of carbonyl (C=O) groups is 1. The minimum Gasteiger partial charge on any atom is -0.493 e. The van der Waals surface area contributed by atoms with E-state index in [-0.39, 0.29) is 5.78 Å². The first-order chi connectivity index (χ1) is 7.79. The minimum absolute atomic E-state index is 0.104. The van der Waals surface area contributed by atoms with Crippen LogP contribution in [0.2, 0.25) is 0 Å². The Kier molecular flexibility index (Phi) is 5.94. The minimum atomic E-state index is 0.104. The Bertz CT molecular complexity index is 336. The van der Waals surface area contributed by atoms with Crippen LogP contribution >= 0.6 is 11.6 Å². The fourth-order valence-electron chi connectivity index (χ4n) is 1.40. The molecule has 1 aromatic rings. The summed E-state index contributed by atoms with van der Waals surface area (Å²) in [6.45, 7) is 2.68. The van der Waals surface area contributed by atoms with Gasteiger partial charge >= 0.3 is 0 Å². The number of ether oxygens (including phenoxy) is 1. The van der Waals surface area contributed by atoms with E-state index in [4.69, 9.17) is 16.3 Å². The summed E-state index contributed by atoms with van der Waals surface area (Å²) < 4.78 is 5.53. The average molecular weight is 241 g/mol. The summed E-state index contributed by atoms with van der Waals surface area (Å²) in [6.07, 6.45) is 2.13. The molecular weight excluding hydrogens is 224 g/mol. The molecule has 3 heteroatoms. The van der Waals surface area contributed by atoms with Crippen LogP contribution in [0, 0.1) is 0 Å². The molecule has 0 aliphatic rings. The Morgan fingerprint density at radius 1 is 1.38 bits per heavy atom. The van der Waals surface area contributed by atoms with Crippen molar-refractivity contribution >= 4 is 17.4 Å². The highest BCUT2D eigenvalue weighted by molar-refractivity contribution is 6.18. The van der Waals surface area contributed by atoms with Crippen LogP contribution in [-0.4, -0.2) is 18.3 Å². The van der Waals surface area contributed by atoms with E-state index in [0.717, 1.165) is 6.42 Å². The van der Waals surface area contributed by atoms with Gasteiger partial charge in [0, 0.05) is 12.3 Å². The van der Waals surface area contributed by atoms with Crippen LogP contribution in [0.5, 0.6) is 5.75 Å². The molecule has 88 valence electrons. The molecule has 0 bridgehead atoms. The number of rotatable bonds is 7. The second-order valence-corrected chi connectivity index (χ2v) is 3.94. The first-order valence-electron chi connectivity index (χ1n) is 5.60. The van der Waals surface area contributed by atoms with Gasteiger partial charge in [0.25, 0.3) is 0 Å². The summed E-state index contributed by atoms with van der Waals surface area (Å²) in [6, 6.07) is 7.38. The maximum Gasteiger partial charge on any atom is 0.166 e. The van der Waals surface area contributed by atoms with Crippen molar-refractivity contribution in [2.75, 3.05) is 12.5 Å². The average Bonchev–Trinajstić information content (AvgIpc) is 2.33. The fraction of sp³-hybridized carbons (Fsp3) is 0.462. The summed E-state index contributed by atoms with van der Waals surface area (Å²) >= 11 is 5.57. The number of benzene rings is 1. The van der Waals surface area contributed by atoms with Crippen LogP contribution in [0.25, 0.3) is 0 Å². The lowest BCUT2D eigenvalue weighted by Crippen LogP contribution is -2.04. The molecule has 0 saturated heterocycles. The summed E-state index contributed by atoms with van der Waals surface area (Å²) in [7, 11) is 0. The van der Waals surface area contributed by atoms with Crippen molar-refractivity contribution in [2.24, 2.45) is 0 Å². The Morgan fingerprint density at radius 3 is 2.81 bits per heavy atom. The number of halogens is 1. The number of para-hydroxylation sites is 1. The molecule has 0 unspecified atom stereocenters. The molecule has 0 aromatic heterocycles. The molecule has 0 atom stereocenters. The van der Waals surface area contributed by atoms with Gasteiger partial charge in [-0.2, -0.15) is 0 Å². The second kappa shape index (κ2) is 7.29. The van der Waals surface area contributed by atoms with E-state index in [1.807, 2.05) is 31.2 Å². The van der Waals surface area contributed by atoms with E-state index in [1.54, 1.807) is 0 Å². The highest BCUT2D eigenvalue weighted by Gasteiger charge is 2.11. The third-order valence-corrected chi connectivity index (χ3v) is 2.45. The highest BCUT2D eigenvalue weighted by atomic mass is 35.5. The summed E-state index contributed by atoms with van der Waals surface area (Å²) in [5, 5.41) is 0. The molecule has 2 nitrogen and oxygen atoms in total. The van der Waals surface area contributed by atoms with Crippen LogP contribution in [0.3, 0.4) is 0 Å². The van der Waals surface area contributed by atoms with Crippen molar-refractivity contribution in [2.45, 2.75) is 26.2 Å². The fourth-order valence-corrected chi connectivity index (χ4v) is 1.53. The first-order valence-corrected chi connectivity index (χ1v) is 6.14. The van der Waals surface area contributed by atoms with Gasteiger partial charge in [0.1, 0.15) is 5.75 Å². The van der Waals surface area contributed by atoms with Gasteiger partial charge in [-0.15, -0.1) is 11.6 Å². The standard InChI is InChI=1S/C13H17ClO2/c1-2-10-16-13-8-4-3-6-11(13)12(15)7-5-9-14/h3-4,6,8H,2,5,7,9-10H2,1H3.